The number of ketones is 1. The van der Waals surface area contributed by atoms with Gasteiger partial charge in [-0.2, -0.15) is 0 Å². The molecule has 0 amide bonds. The third kappa shape index (κ3) is 1.84. The summed E-state index contributed by atoms with van der Waals surface area (Å²) in [6.45, 7) is 4.77. The number of aliphatic hydroxyl groups is 1. The van der Waals surface area contributed by atoms with Crippen LogP contribution in [0.2, 0.25) is 0 Å². The van der Waals surface area contributed by atoms with E-state index in [-0.39, 0.29) is 16.9 Å². The monoisotopic (exact) mass is 290 g/mol. The molecular weight excluding hydrogens is 260 g/mol. The Bertz CT molecular complexity index is 458. The first-order valence-electron chi connectivity index (χ1n) is 9.15. The molecule has 0 spiro atoms. The van der Waals surface area contributed by atoms with Crippen LogP contribution in [0.3, 0.4) is 0 Å². The second-order valence-electron chi connectivity index (χ2n) is 9.05. The van der Waals surface area contributed by atoms with Crippen LogP contribution in [-0.4, -0.2) is 17.0 Å². The summed E-state index contributed by atoms with van der Waals surface area (Å²) in [6, 6.07) is 0. The Morgan fingerprint density at radius 3 is 2.52 bits per heavy atom. The Balaban J connectivity index is 1.66. The van der Waals surface area contributed by atoms with Gasteiger partial charge in [-0.15, -0.1) is 0 Å². The summed E-state index contributed by atoms with van der Waals surface area (Å²) in [5.74, 6) is 3.51. The Hall–Kier alpha value is -0.370. The molecule has 0 heterocycles. The van der Waals surface area contributed by atoms with Gasteiger partial charge < -0.3 is 5.11 Å². The molecule has 4 aliphatic rings. The topological polar surface area (TPSA) is 37.3 Å². The molecular formula is C19H30O2. The summed E-state index contributed by atoms with van der Waals surface area (Å²) >= 11 is 0. The predicted octanol–water partition coefficient (Wildman–Crippen LogP) is 3.96. The molecule has 0 aromatic heterocycles. The van der Waals surface area contributed by atoms with Crippen molar-refractivity contribution in [1.29, 1.82) is 0 Å². The maximum atomic E-state index is 12.1. The second-order valence-corrected chi connectivity index (χ2v) is 9.05. The van der Waals surface area contributed by atoms with Crippen molar-refractivity contribution in [3.63, 3.8) is 0 Å². The van der Waals surface area contributed by atoms with Crippen LogP contribution < -0.4 is 0 Å². The van der Waals surface area contributed by atoms with Gasteiger partial charge in [-0.05, 0) is 79.4 Å². The number of Topliss-reactive ketones (excluding diaryl/α,β-unsaturated/α-hetero) is 1. The van der Waals surface area contributed by atoms with E-state index in [2.05, 4.69) is 13.8 Å². The Labute approximate surface area is 128 Å². The molecule has 4 saturated carbocycles. The Morgan fingerprint density at radius 2 is 1.71 bits per heavy atom. The van der Waals surface area contributed by atoms with Gasteiger partial charge in [0.15, 0.2) is 0 Å². The van der Waals surface area contributed by atoms with Gasteiger partial charge in [0.05, 0.1) is 6.10 Å². The minimum absolute atomic E-state index is 0.0815. The molecule has 2 heteroatoms. The first kappa shape index (κ1) is 14.2. The van der Waals surface area contributed by atoms with Gasteiger partial charge in [-0.1, -0.05) is 13.8 Å². The average molecular weight is 290 g/mol. The number of hydrogen-bond acceptors (Lipinski definition) is 2. The fourth-order valence-electron chi connectivity index (χ4n) is 7.11. The lowest BCUT2D eigenvalue weighted by Gasteiger charge is -2.59. The summed E-state index contributed by atoms with van der Waals surface area (Å²) < 4.78 is 0. The van der Waals surface area contributed by atoms with E-state index in [1.54, 1.807) is 0 Å². The Morgan fingerprint density at radius 1 is 0.952 bits per heavy atom. The van der Waals surface area contributed by atoms with Crippen molar-refractivity contribution in [2.24, 2.45) is 34.5 Å². The van der Waals surface area contributed by atoms with Crippen LogP contribution in [0.15, 0.2) is 0 Å². The van der Waals surface area contributed by atoms with E-state index in [1.165, 1.54) is 32.1 Å². The number of aliphatic hydroxyl groups excluding tert-OH is 1. The van der Waals surface area contributed by atoms with Gasteiger partial charge in [0, 0.05) is 12.8 Å². The zero-order chi connectivity index (χ0) is 14.8. The van der Waals surface area contributed by atoms with Gasteiger partial charge in [0.25, 0.3) is 0 Å². The highest BCUT2D eigenvalue weighted by molar-refractivity contribution is 5.80. The molecule has 4 rings (SSSR count). The Kier molecular flexibility index (Phi) is 3.10. The molecule has 0 unspecified atom stereocenters. The zero-order valence-electron chi connectivity index (χ0n) is 13.6. The highest BCUT2D eigenvalue weighted by atomic mass is 16.3. The molecule has 7 atom stereocenters. The lowest BCUT2D eigenvalue weighted by Crippen LogP contribution is -2.54. The third-order valence-electron chi connectivity index (χ3n) is 8.36. The van der Waals surface area contributed by atoms with Gasteiger partial charge in [-0.3, -0.25) is 4.79 Å². The number of hydrogen-bond donors (Lipinski definition) is 1. The zero-order valence-corrected chi connectivity index (χ0v) is 13.6. The van der Waals surface area contributed by atoms with E-state index >= 15 is 0 Å². The van der Waals surface area contributed by atoms with Gasteiger partial charge in [0.1, 0.15) is 5.78 Å². The second kappa shape index (κ2) is 4.57. The SMILES string of the molecule is C[C@]12CC(=O)CC[C@@H]1CC[C@H]1[C@H]2CC[C@]2(C)[C@@H](O)CC[C@@H]12. The molecule has 4 aliphatic carbocycles. The standard InChI is InChI=1S/C19H30O2/c1-18-10-9-16-14(15(18)7-8-17(18)21)6-4-12-3-5-13(20)11-19(12,16)2/h12,14-17,21H,3-11H2,1-2H3/t12-,14-,15+,16-,17+,18+,19+/m1/s1. The van der Waals surface area contributed by atoms with Crippen molar-refractivity contribution < 1.29 is 9.90 Å². The summed E-state index contributed by atoms with van der Waals surface area (Å²) in [7, 11) is 0. The maximum absolute atomic E-state index is 12.1. The van der Waals surface area contributed by atoms with Crippen LogP contribution in [0.4, 0.5) is 0 Å². The van der Waals surface area contributed by atoms with E-state index in [9.17, 15) is 9.90 Å². The molecule has 118 valence electrons. The number of carbonyl (C=O) groups excluding carboxylic acids is 1. The molecule has 0 bridgehead atoms. The summed E-state index contributed by atoms with van der Waals surface area (Å²) in [5.41, 5.74) is 0.441. The van der Waals surface area contributed by atoms with Crippen molar-refractivity contribution in [3.05, 3.63) is 0 Å². The molecule has 4 fully saturated rings. The highest BCUT2D eigenvalue weighted by Gasteiger charge is 2.60. The van der Waals surface area contributed by atoms with Crippen molar-refractivity contribution in [3.8, 4) is 0 Å². The molecule has 2 nitrogen and oxygen atoms in total. The fraction of sp³-hybridized carbons (Fsp3) is 0.947. The number of fused-ring (bicyclic) bond motifs is 5. The van der Waals surface area contributed by atoms with Crippen LogP contribution >= 0.6 is 0 Å². The van der Waals surface area contributed by atoms with Crippen LogP contribution in [0.25, 0.3) is 0 Å². The first-order valence-corrected chi connectivity index (χ1v) is 9.15. The van der Waals surface area contributed by atoms with Crippen LogP contribution in [0.5, 0.6) is 0 Å². The molecule has 0 aromatic carbocycles. The van der Waals surface area contributed by atoms with Crippen LogP contribution in [0, 0.1) is 34.5 Å². The molecule has 1 N–H and O–H groups in total. The number of rotatable bonds is 0. The molecule has 0 aromatic rings. The van der Waals surface area contributed by atoms with E-state index in [0.717, 1.165) is 43.4 Å². The first-order chi connectivity index (χ1) is 9.95. The summed E-state index contributed by atoms with van der Waals surface area (Å²) in [4.78, 5) is 12.1. The molecule has 21 heavy (non-hydrogen) atoms. The van der Waals surface area contributed by atoms with Crippen LogP contribution in [0.1, 0.15) is 71.6 Å². The third-order valence-corrected chi connectivity index (χ3v) is 8.36. The summed E-state index contributed by atoms with van der Waals surface area (Å²) in [6.07, 6.45) is 10.1. The van der Waals surface area contributed by atoms with E-state index in [1.807, 2.05) is 0 Å². The highest BCUT2D eigenvalue weighted by Crippen LogP contribution is 2.65. The van der Waals surface area contributed by atoms with E-state index in [0.29, 0.717) is 11.7 Å². The van der Waals surface area contributed by atoms with Crippen molar-refractivity contribution in [2.75, 3.05) is 0 Å². The lowest BCUT2D eigenvalue weighted by atomic mass is 9.45. The van der Waals surface area contributed by atoms with Gasteiger partial charge in [-0.25, -0.2) is 0 Å². The lowest BCUT2D eigenvalue weighted by molar-refractivity contribution is -0.144. The predicted molar refractivity (Wildman–Crippen MR) is 82.7 cm³/mol. The van der Waals surface area contributed by atoms with Gasteiger partial charge in [0.2, 0.25) is 0 Å². The van der Waals surface area contributed by atoms with E-state index < -0.39 is 0 Å². The largest absolute Gasteiger partial charge is 0.393 e. The molecule has 0 saturated heterocycles. The maximum Gasteiger partial charge on any atom is 0.133 e. The molecule has 0 aliphatic heterocycles. The van der Waals surface area contributed by atoms with Crippen molar-refractivity contribution in [2.45, 2.75) is 77.7 Å². The van der Waals surface area contributed by atoms with Crippen molar-refractivity contribution in [1.82, 2.24) is 0 Å². The smallest absolute Gasteiger partial charge is 0.133 e. The van der Waals surface area contributed by atoms with E-state index in [4.69, 9.17) is 0 Å². The normalized spacial score (nSPS) is 56.5. The van der Waals surface area contributed by atoms with Crippen molar-refractivity contribution >= 4 is 5.78 Å². The number of carbonyl (C=O) groups is 1. The van der Waals surface area contributed by atoms with Crippen LogP contribution in [-0.2, 0) is 4.79 Å². The fourth-order valence-corrected chi connectivity index (χ4v) is 7.11. The average Bonchev–Trinajstić information content (AvgIpc) is 2.74. The minimum Gasteiger partial charge on any atom is -0.393 e. The quantitative estimate of drug-likeness (QED) is 0.733. The van der Waals surface area contributed by atoms with Gasteiger partial charge >= 0.3 is 0 Å². The minimum atomic E-state index is -0.0815. The summed E-state index contributed by atoms with van der Waals surface area (Å²) in [5, 5.41) is 10.5. The molecule has 0 radical (unpaired) electrons.